The number of anilines is 1. The van der Waals surface area contributed by atoms with Crippen molar-refractivity contribution in [3.8, 4) is 0 Å². The highest BCUT2D eigenvalue weighted by molar-refractivity contribution is 8.13. The quantitative estimate of drug-likeness (QED) is 0.203. The number of carbonyl (C=O) groups excluding carboxylic acids is 2. The molecule has 0 radical (unpaired) electrons. The lowest BCUT2D eigenvalue weighted by molar-refractivity contribution is -0.668. The average Bonchev–Trinajstić information content (AvgIpc) is 3.37. The molecule has 0 amide bonds. The molecule has 0 saturated carbocycles. The van der Waals surface area contributed by atoms with Crippen molar-refractivity contribution >= 4 is 78.8 Å². The van der Waals surface area contributed by atoms with E-state index in [2.05, 4.69) is 76.2 Å². The van der Waals surface area contributed by atoms with Crippen LogP contribution in [0.4, 0.5) is 5.69 Å². The Kier molecular flexibility index (Phi) is 9.54. The minimum Gasteiger partial charge on any atom is -0.335 e. The molecule has 1 aliphatic heterocycles. The van der Waals surface area contributed by atoms with E-state index in [9.17, 15) is 9.59 Å². The Bertz CT molecular complexity index is 1270. The van der Waals surface area contributed by atoms with Gasteiger partial charge in [0.15, 0.2) is 16.8 Å². The highest BCUT2D eigenvalue weighted by Crippen LogP contribution is 2.45. The van der Waals surface area contributed by atoms with Gasteiger partial charge in [0.2, 0.25) is 5.52 Å². The largest absolute Gasteiger partial charge is 0.335 e. The van der Waals surface area contributed by atoms with Crippen LogP contribution in [0.2, 0.25) is 0 Å². The van der Waals surface area contributed by atoms with Crippen LogP contribution in [0.3, 0.4) is 0 Å². The van der Waals surface area contributed by atoms with Crippen molar-refractivity contribution in [3.05, 3.63) is 70.7 Å². The molecule has 4 rings (SSSR count). The molecule has 2 aromatic carbocycles. The molecule has 3 aromatic rings. The summed E-state index contributed by atoms with van der Waals surface area (Å²) in [5, 5.41) is 2.77. The third-order valence-corrected chi connectivity index (χ3v) is 9.47. The van der Waals surface area contributed by atoms with Crippen LogP contribution in [0, 0.1) is 0 Å². The SMILES string of the molecule is CC(=O)SCCCN1C(=CC=Cc2sc3ccccc3[n+]2CCCSC(C)=O)Sc2ccccc21. The fourth-order valence-corrected chi connectivity index (χ4v) is 7.23. The van der Waals surface area contributed by atoms with Gasteiger partial charge in [-0.05, 0) is 30.7 Å². The Balaban J connectivity index is 1.52. The van der Waals surface area contributed by atoms with Crippen molar-refractivity contribution in [2.45, 2.75) is 38.1 Å². The maximum atomic E-state index is 11.3. The molecule has 1 aromatic heterocycles. The van der Waals surface area contributed by atoms with Gasteiger partial charge in [0, 0.05) is 55.4 Å². The Hall–Kier alpha value is -2.00. The van der Waals surface area contributed by atoms with E-state index in [1.807, 2.05) is 0 Å². The van der Waals surface area contributed by atoms with Crippen LogP contribution in [-0.4, -0.2) is 28.3 Å². The first-order valence-electron chi connectivity index (χ1n) is 11.6. The maximum Gasteiger partial charge on any atom is 0.262 e. The van der Waals surface area contributed by atoms with Crippen molar-refractivity contribution < 1.29 is 14.2 Å². The first-order chi connectivity index (χ1) is 17.0. The summed E-state index contributed by atoms with van der Waals surface area (Å²) in [6, 6.07) is 17.0. The molecule has 4 nitrogen and oxygen atoms in total. The fourth-order valence-electron chi connectivity index (χ4n) is 3.91. The topological polar surface area (TPSA) is 41.3 Å². The van der Waals surface area contributed by atoms with E-state index in [0.717, 1.165) is 37.4 Å². The van der Waals surface area contributed by atoms with Gasteiger partial charge < -0.3 is 4.90 Å². The molecule has 2 heterocycles. The van der Waals surface area contributed by atoms with Crippen molar-refractivity contribution in [1.29, 1.82) is 0 Å². The number of hydrogen-bond acceptors (Lipinski definition) is 7. The number of aryl methyl sites for hydroxylation is 1. The lowest BCUT2D eigenvalue weighted by atomic mass is 10.3. The number of thioether (sulfide) groups is 3. The van der Waals surface area contributed by atoms with Gasteiger partial charge in [-0.3, -0.25) is 9.59 Å². The minimum atomic E-state index is 0.177. The number of rotatable bonds is 10. The van der Waals surface area contributed by atoms with Crippen molar-refractivity contribution in [1.82, 2.24) is 0 Å². The second-order valence-electron chi connectivity index (χ2n) is 8.03. The Morgan fingerprint density at radius 2 is 1.69 bits per heavy atom. The number of thiazole rings is 1. The van der Waals surface area contributed by atoms with E-state index in [-0.39, 0.29) is 10.2 Å². The number of benzene rings is 2. The number of hydrogen-bond donors (Lipinski definition) is 0. The predicted molar refractivity (Wildman–Crippen MR) is 154 cm³/mol. The van der Waals surface area contributed by atoms with E-state index in [0.29, 0.717) is 0 Å². The molecule has 8 heteroatoms. The Labute approximate surface area is 223 Å². The van der Waals surface area contributed by atoms with E-state index in [1.54, 1.807) is 36.9 Å². The summed E-state index contributed by atoms with van der Waals surface area (Å²) in [6.45, 7) is 5.04. The van der Waals surface area contributed by atoms with Gasteiger partial charge in [0.25, 0.3) is 5.01 Å². The molecule has 182 valence electrons. The normalized spacial score (nSPS) is 14.3. The minimum absolute atomic E-state index is 0.177. The molecule has 0 fully saturated rings. The van der Waals surface area contributed by atoms with Crippen LogP contribution in [-0.2, 0) is 16.1 Å². The van der Waals surface area contributed by atoms with Gasteiger partial charge in [0.05, 0.1) is 10.7 Å². The summed E-state index contributed by atoms with van der Waals surface area (Å²) in [5.41, 5.74) is 2.48. The summed E-state index contributed by atoms with van der Waals surface area (Å²) in [7, 11) is 0. The Morgan fingerprint density at radius 3 is 2.49 bits per heavy atom. The third kappa shape index (κ3) is 7.03. The van der Waals surface area contributed by atoms with Gasteiger partial charge in [-0.15, -0.1) is 0 Å². The van der Waals surface area contributed by atoms with E-state index in [1.165, 1.54) is 54.4 Å². The lowest BCUT2D eigenvalue weighted by Crippen LogP contribution is -2.35. The molecular formula is C27H29N2O2S4+. The van der Waals surface area contributed by atoms with Crippen LogP contribution in [0.15, 0.2) is 70.6 Å². The van der Waals surface area contributed by atoms with Gasteiger partial charge >= 0.3 is 0 Å². The van der Waals surface area contributed by atoms with E-state index in [4.69, 9.17) is 0 Å². The summed E-state index contributed by atoms with van der Waals surface area (Å²) < 4.78 is 3.63. The predicted octanol–water partition coefficient (Wildman–Crippen LogP) is 7.00. The van der Waals surface area contributed by atoms with Gasteiger partial charge in [-0.25, -0.2) is 0 Å². The highest BCUT2D eigenvalue weighted by atomic mass is 32.2. The molecular weight excluding hydrogens is 513 g/mol. The molecule has 35 heavy (non-hydrogen) atoms. The highest BCUT2D eigenvalue weighted by Gasteiger charge is 2.24. The zero-order chi connectivity index (χ0) is 24.6. The summed E-state index contributed by atoms with van der Waals surface area (Å²) >= 11 is 6.39. The number of para-hydroxylation sites is 2. The lowest BCUT2D eigenvalue weighted by Gasteiger charge is -2.20. The molecule has 0 saturated heterocycles. The van der Waals surface area contributed by atoms with Crippen molar-refractivity contribution in [3.63, 3.8) is 0 Å². The van der Waals surface area contributed by atoms with Crippen LogP contribution >= 0.6 is 46.6 Å². The van der Waals surface area contributed by atoms with Crippen LogP contribution in [0.25, 0.3) is 16.3 Å². The standard InChI is InChI=1S/C27H29N2O2S4/c1-20(30)32-18-8-16-28-22-10-3-5-12-24(22)34-26(28)14-7-15-27-29(17-9-19-33-21(2)31)23-11-4-6-13-25(23)35-27/h3-7,10-15H,8-9,16-19H2,1-2H3/q+1. The van der Waals surface area contributed by atoms with Crippen LogP contribution < -0.4 is 9.47 Å². The zero-order valence-corrected chi connectivity index (χ0v) is 23.2. The van der Waals surface area contributed by atoms with Crippen molar-refractivity contribution in [2.24, 2.45) is 0 Å². The summed E-state index contributed by atoms with van der Waals surface area (Å²) in [4.78, 5) is 26.2. The van der Waals surface area contributed by atoms with Crippen LogP contribution in [0.5, 0.6) is 0 Å². The second-order valence-corrected chi connectivity index (χ2v) is 12.7. The second kappa shape index (κ2) is 12.8. The van der Waals surface area contributed by atoms with Crippen LogP contribution in [0.1, 0.15) is 31.7 Å². The summed E-state index contributed by atoms with van der Waals surface area (Å²) in [5.74, 6) is 1.68. The molecule has 0 bridgehead atoms. The number of aromatic nitrogens is 1. The maximum absolute atomic E-state index is 11.3. The molecule has 0 atom stereocenters. The van der Waals surface area contributed by atoms with Crippen molar-refractivity contribution in [2.75, 3.05) is 23.0 Å². The zero-order valence-electron chi connectivity index (χ0n) is 19.9. The monoisotopic (exact) mass is 541 g/mol. The average molecular weight is 542 g/mol. The number of carbonyl (C=O) groups is 2. The summed E-state index contributed by atoms with van der Waals surface area (Å²) in [6.07, 6.45) is 8.45. The molecule has 0 aliphatic carbocycles. The first kappa shape index (κ1) is 26.1. The molecule has 0 N–H and O–H groups in total. The van der Waals surface area contributed by atoms with Gasteiger partial charge in [-0.1, -0.05) is 77.0 Å². The fraction of sp³-hybridized carbons (Fsp3) is 0.296. The van der Waals surface area contributed by atoms with Gasteiger partial charge in [-0.2, -0.15) is 4.57 Å². The third-order valence-electron chi connectivity index (χ3n) is 5.41. The number of nitrogens with zero attached hydrogens (tertiary/aromatic N) is 2. The molecule has 0 unspecified atom stereocenters. The van der Waals surface area contributed by atoms with E-state index >= 15 is 0 Å². The molecule has 0 spiro atoms. The Morgan fingerprint density at radius 1 is 0.971 bits per heavy atom. The number of allylic oxidation sites excluding steroid dienone is 2. The van der Waals surface area contributed by atoms with E-state index < -0.39 is 0 Å². The number of fused-ring (bicyclic) bond motifs is 2. The smallest absolute Gasteiger partial charge is 0.262 e. The first-order valence-corrected chi connectivity index (χ1v) is 15.2. The molecule has 1 aliphatic rings. The van der Waals surface area contributed by atoms with Gasteiger partial charge in [0.1, 0.15) is 4.70 Å².